The maximum Gasteiger partial charge on any atom is 0.573 e. The van der Waals surface area contributed by atoms with Crippen LogP contribution in [0.25, 0.3) is 10.2 Å². The number of fused-ring (bicyclic) bond motifs is 1. The second-order valence-corrected chi connectivity index (χ2v) is 8.28. The highest BCUT2D eigenvalue weighted by molar-refractivity contribution is 7.22. The van der Waals surface area contributed by atoms with Crippen LogP contribution in [-0.4, -0.2) is 36.6 Å². The number of carbonyl (C=O) groups excluding carboxylic acids is 1. The van der Waals surface area contributed by atoms with Gasteiger partial charge in [0.2, 0.25) is 0 Å². The van der Waals surface area contributed by atoms with Crippen LogP contribution in [0.1, 0.15) is 12.8 Å². The Morgan fingerprint density at radius 1 is 1.38 bits per heavy atom. The molecule has 29 heavy (non-hydrogen) atoms. The zero-order valence-corrected chi connectivity index (χ0v) is 16.6. The molecule has 1 saturated heterocycles. The number of alkyl halides is 3. The number of benzene rings is 1. The molecule has 1 aliphatic rings. The maximum atomic E-state index is 12.9. The summed E-state index contributed by atoms with van der Waals surface area (Å²) in [5.74, 6) is -0.325. The number of aromatic nitrogens is 1. The first kappa shape index (κ1) is 19.9. The minimum absolute atomic E-state index is 0.111. The summed E-state index contributed by atoms with van der Waals surface area (Å²) < 4.78 is 47.6. The van der Waals surface area contributed by atoms with Crippen molar-refractivity contribution in [2.24, 2.45) is 0 Å². The molecule has 2 amide bonds. The quantitative estimate of drug-likeness (QED) is 0.568. The zero-order chi connectivity index (χ0) is 20.4. The van der Waals surface area contributed by atoms with Gasteiger partial charge in [0.15, 0.2) is 5.13 Å². The average molecular weight is 443 g/mol. The first-order valence-electron chi connectivity index (χ1n) is 8.77. The molecule has 3 aromatic rings. The molecular weight excluding hydrogens is 427 g/mol. The number of nitrogens with zero attached hydrogens (tertiary/aromatic N) is 2. The first-order chi connectivity index (χ1) is 13.9. The summed E-state index contributed by atoms with van der Waals surface area (Å²) in [5, 5.41) is 5.74. The summed E-state index contributed by atoms with van der Waals surface area (Å²) >= 11 is 2.51. The van der Waals surface area contributed by atoms with Crippen molar-refractivity contribution >= 4 is 49.1 Å². The molecule has 1 N–H and O–H groups in total. The molecule has 2 aromatic heterocycles. The van der Waals surface area contributed by atoms with Gasteiger partial charge in [0.25, 0.3) is 0 Å². The number of hydrogen-bond donors (Lipinski definition) is 1. The van der Waals surface area contributed by atoms with E-state index in [1.165, 1.54) is 34.4 Å². The van der Waals surface area contributed by atoms with E-state index >= 15 is 0 Å². The number of nitrogens with one attached hydrogen (secondary N) is 1. The van der Waals surface area contributed by atoms with Crippen LogP contribution in [0, 0.1) is 0 Å². The lowest BCUT2D eigenvalue weighted by atomic mass is 10.2. The van der Waals surface area contributed by atoms with E-state index in [4.69, 9.17) is 4.74 Å². The van der Waals surface area contributed by atoms with Gasteiger partial charge in [-0.1, -0.05) is 11.3 Å². The van der Waals surface area contributed by atoms with Crippen LogP contribution < -0.4 is 15.0 Å². The van der Waals surface area contributed by atoms with E-state index in [1.807, 2.05) is 11.4 Å². The van der Waals surface area contributed by atoms with E-state index in [2.05, 4.69) is 15.0 Å². The van der Waals surface area contributed by atoms with Crippen molar-refractivity contribution in [3.63, 3.8) is 0 Å². The van der Waals surface area contributed by atoms with Crippen molar-refractivity contribution < 1.29 is 27.4 Å². The van der Waals surface area contributed by atoms with Crippen molar-refractivity contribution in [1.82, 2.24) is 4.98 Å². The third-order valence-corrected chi connectivity index (χ3v) is 6.05. The molecule has 3 heterocycles. The number of thiazole rings is 1. The predicted molar refractivity (Wildman–Crippen MR) is 106 cm³/mol. The second kappa shape index (κ2) is 8.17. The fraction of sp³-hybridized carbons (Fsp3) is 0.333. The molecule has 1 fully saturated rings. The lowest BCUT2D eigenvalue weighted by Crippen LogP contribution is -2.40. The number of urea groups is 1. The molecular formula is C18H16F3N3O3S2. The largest absolute Gasteiger partial charge is 0.573 e. The molecule has 0 radical (unpaired) electrons. The SMILES string of the molecule is O=C(Nc1cccs1)N(CC1CCCO1)c1nc2ccc(OC(F)(F)F)cc2s1. The van der Waals surface area contributed by atoms with Crippen LogP contribution >= 0.6 is 22.7 Å². The Labute approximate surface area is 171 Å². The molecule has 6 nitrogen and oxygen atoms in total. The lowest BCUT2D eigenvalue weighted by molar-refractivity contribution is -0.274. The molecule has 1 atom stereocenters. The smallest absolute Gasteiger partial charge is 0.406 e. The Morgan fingerprint density at radius 3 is 2.93 bits per heavy atom. The minimum atomic E-state index is -4.77. The Kier molecular flexibility index (Phi) is 5.61. The maximum absolute atomic E-state index is 12.9. The molecule has 0 bridgehead atoms. The van der Waals surface area contributed by atoms with Gasteiger partial charge in [-0.25, -0.2) is 9.78 Å². The Morgan fingerprint density at radius 2 is 2.24 bits per heavy atom. The van der Waals surface area contributed by atoms with Gasteiger partial charge >= 0.3 is 12.4 Å². The Balaban J connectivity index is 1.61. The highest BCUT2D eigenvalue weighted by Crippen LogP contribution is 2.34. The summed E-state index contributed by atoms with van der Waals surface area (Å²) in [5.41, 5.74) is 0.487. The summed E-state index contributed by atoms with van der Waals surface area (Å²) in [7, 11) is 0. The van der Waals surface area contributed by atoms with Crippen LogP contribution in [0.4, 0.5) is 28.1 Å². The van der Waals surface area contributed by atoms with Crippen molar-refractivity contribution in [2.45, 2.75) is 25.3 Å². The molecule has 0 saturated carbocycles. The van der Waals surface area contributed by atoms with Crippen LogP contribution in [0.15, 0.2) is 35.7 Å². The van der Waals surface area contributed by atoms with Gasteiger partial charge in [-0.3, -0.25) is 10.2 Å². The Hall–Kier alpha value is -2.37. The van der Waals surface area contributed by atoms with Gasteiger partial charge in [0, 0.05) is 12.7 Å². The number of carbonyl (C=O) groups is 1. The van der Waals surface area contributed by atoms with Gasteiger partial charge in [-0.2, -0.15) is 0 Å². The van der Waals surface area contributed by atoms with Crippen molar-refractivity contribution in [1.29, 1.82) is 0 Å². The van der Waals surface area contributed by atoms with E-state index in [-0.39, 0.29) is 17.9 Å². The number of thiophene rings is 1. The van der Waals surface area contributed by atoms with Crippen LogP contribution in [0.5, 0.6) is 5.75 Å². The summed E-state index contributed by atoms with van der Waals surface area (Å²) in [6, 6.07) is 7.16. The summed E-state index contributed by atoms with van der Waals surface area (Å²) in [4.78, 5) is 18.8. The van der Waals surface area contributed by atoms with E-state index in [0.29, 0.717) is 33.5 Å². The fourth-order valence-electron chi connectivity index (χ4n) is 2.97. The zero-order valence-electron chi connectivity index (χ0n) is 14.9. The summed E-state index contributed by atoms with van der Waals surface area (Å²) in [6.45, 7) is 0.950. The van der Waals surface area contributed by atoms with Gasteiger partial charge in [0.05, 0.1) is 27.9 Å². The monoisotopic (exact) mass is 443 g/mol. The van der Waals surface area contributed by atoms with E-state index in [9.17, 15) is 18.0 Å². The molecule has 0 spiro atoms. The van der Waals surface area contributed by atoms with Crippen molar-refractivity contribution in [2.75, 3.05) is 23.4 Å². The van der Waals surface area contributed by atoms with Gasteiger partial charge < -0.3 is 9.47 Å². The van der Waals surface area contributed by atoms with Gasteiger partial charge in [-0.05, 0) is 42.5 Å². The predicted octanol–water partition coefficient (Wildman–Crippen LogP) is 5.47. The molecule has 11 heteroatoms. The van der Waals surface area contributed by atoms with Crippen LogP contribution in [0.3, 0.4) is 0 Å². The normalized spacial score (nSPS) is 16.9. The fourth-order valence-corrected chi connectivity index (χ4v) is 4.58. The van der Waals surface area contributed by atoms with Gasteiger partial charge in [0.1, 0.15) is 5.75 Å². The van der Waals surface area contributed by atoms with E-state index in [0.717, 1.165) is 24.2 Å². The Bertz CT molecular complexity index is 985. The third kappa shape index (κ3) is 4.98. The van der Waals surface area contributed by atoms with E-state index in [1.54, 1.807) is 6.07 Å². The highest BCUT2D eigenvalue weighted by Gasteiger charge is 2.31. The van der Waals surface area contributed by atoms with E-state index < -0.39 is 6.36 Å². The van der Waals surface area contributed by atoms with Crippen LogP contribution in [0.2, 0.25) is 0 Å². The summed E-state index contributed by atoms with van der Waals surface area (Å²) in [6.07, 6.45) is -3.13. The standard InChI is InChI=1S/C18H16F3N3O3S2/c19-18(20,21)27-11-5-6-13-14(9-11)29-17(22-13)24(10-12-3-1-7-26-12)16(25)23-15-4-2-8-28-15/h2,4-6,8-9,12H,1,3,7,10H2,(H,23,25). The number of rotatable bonds is 5. The number of hydrogen-bond acceptors (Lipinski definition) is 6. The number of anilines is 2. The van der Waals surface area contributed by atoms with Crippen molar-refractivity contribution in [3.8, 4) is 5.75 Å². The lowest BCUT2D eigenvalue weighted by Gasteiger charge is -2.23. The van der Waals surface area contributed by atoms with Crippen LogP contribution in [-0.2, 0) is 4.74 Å². The molecule has 1 aliphatic heterocycles. The van der Waals surface area contributed by atoms with Gasteiger partial charge in [-0.15, -0.1) is 24.5 Å². The topological polar surface area (TPSA) is 63.7 Å². The average Bonchev–Trinajstić information content (AvgIpc) is 3.39. The second-order valence-electron chi connectivity index (χ2n) is 6.33. The minimum Gasteiger partial charge on any atom is -0.406 e. The number of amides is 2. The number of ether oxygens (including phenoxy) is 2. The first-order valence-corrected chi connectivity index (χ1v) is 10.5. The highest BCUT2D eigenvalue weighted by atomic mass is 32.1. The van der Waals surface area contributed by atoms with Crippen molar-refractivity contribution in [3.05, 3.63) is 35.7 Å². The molecule has 1 aromatic carbocycles. The molecule has 0 aliphatic carbocycles. The molecule has 1 unspecified atom stereocenters. The molecule has 4 rings (SSSR count). The number of halogens is 3. The molecule has 154 valence electrons. The third-order valence-electron chi connectivity index (χ3n) is 4.22.